The maximum Gasteiger partial charge on any atom is 0.247 e. The smallest absolute Gasteiger partial charge is 0.247 e. The highest BCUT2D eigenvalue weighted by atomic mass is 79.9. The van der Waals surface area contributed by atoms with Gasteiger partial charge in [0.15, 0.2) is 0 Å². The molecule has 1 saturated heterocycles. The summed E-state index contributed by atoms with van der Waals surface area (Å²) in [5, 5.41) is 2.54. The normalized spacial score (nSPS) is 19.9. The maximum absolute atomic E-state index is 13.1. The highest BCUT2D eigenvalue weighted by Crippen LogP contribution is 2.30. The number of hydrogen-bond acceptors (Lipinski definition) is 2. The largest absolute Gasteiger partial charge is 0.345 e. The van der Waals surface area contributed by atoms with Gasteiger partial charge >= 0.3 is 0 Å². The molecule has 1 aromatic carbocycles. The molecule has 1 fully saturated rings. The van der Waals surface area contributed by atoms with E-state index in [1.807, 2.05) is 6.92 Å². The number of carbonyl (C=O) groups excluding carboxylic acids is 2. The number of hydrogen-bond donors (Lipinski definition) is 1. The van der Waals surface area contributed by atoms with Crippen LogP contribution >= 0.6 is 15.9 Å². The number of benzene rings is 1. The molecule has 0 aliphatic carbocycles. The highest BCUT2D eigenvalue weighted by Gasteiger charge is 2.35. The van der Waals surface area contributed by atoms with Crippen LogP contribution in [0.2, 0.25) is 0 Å². The third-order valence-electron chi connectivity index (χ3n) is 2.85. The number of nitrogens with zero attached hydrogens (tertiary/aromatic N) is 1. The first-order valence-electron chi connectivity index (χ1n) is 5.59. The van der Waals surface area contributed by atoms with Gasteiger partial charge in [0.05, 0.1) is 12.2 Å². The predicted octanol–water partition coefficient (Wildman–Crippen LogP) is 1.83. The monoisotopic (exact) mass is 314 g/mol. The van der Waals surface area contributed by atoms with Gasteiger partial charge in [-0.05, 0) is 40.5 Å². The number of anilines is 1. The minimum Gasteiger partial charge on any atom is -0.345 e. The van der Waals surface area contributed by atoms with Gasteiger partial charge < -0.3 is 5.32 Å². The van der Waals surface area contributed by atoms with Gasteiger partial charge in [-0.1, -0.05) is 6.92 Å². The molecule has 1 aliphatic heterocycles. The molecule has 1 atom stereocenters. The minimum atomic E-state index is -0.548. The first-order valence-corrected chi connectivity index (χ1v) is 6.38. The predicted molar refractivity (Wildman–Crippen MR) is 68.7 cm³/mol. The van der Waals surface area contributed by atoms with Crippen LogP contribution in [0.15, 0.2) is 22.7 Å². The number of amides is 2. The van der Waals surface area contributed by atoms with E-state index in [1.54, 1.807) is 0 Å². The van der Waals surface area contributed by atoms with Crippen LogP contribution in [0.1, 0.15) is 13.3 Å². The van der Waals surface area contributed by atoms with Gasteiger partial charge in [-0.2, -0.15) is 0 Å². The Hall–Kier alpha value is -1.43. The van der Waals surface area contributed by atoms with Crippen molar-refractivity contribution in [3.8, 4) is 0 Å². The molecule has 1 heterocycles. The van der Waals surface area contributed by atoms with Gasteiger partial charge in [0, 0.05) is 4.47 Å². The Morgan fingerprint density at radius 3 is 2.83 bits per heavy atom. The van der Waals surface area contributed by atoms with E-state index in [1.165, 1.54) is 23.1 Å². The van der Waals surface area contributed by atoms with E-state index in [0.717, 1.165) is 0 Å². The molecule has 1 aromatic rings. The van der Waals surface area contributed by atoms with Crippen molar-refractivity contribution < 1.29 is 14.0 Å². The second-order valence-corrected chi connectivity index (χ2v) is 4.86. The number of carbonyl (C=O) groups is 2. The van der Waals surface area contributed by atoms with Crippen LogP contribution in [0.3, 0.4) is 0 Å². The van der Waals surface area contributed by atoms with Crippen molar-refractivity contribution in [1.82, 2.24) is 5.32 Å². The molecule has 1 N–H and O–H groups in total. The molecule has 1 aliphatic rings. The van der Waals surface area contributed by atoms with Crippen molar-refractivity contribution >= 4 is 33.4 Å². The zero-order chi connectivity index (χ0) is 13.3. The third-order valence-corrected chi connectivity index (χ3v) is 3.49. The molecule has 6 heteroatoms. The zero-order valence-corrected chi connectivity index (χ0v) is 11.3. The standard InChI is InChI=1S/C12H12BrFN2O2/c1-2-9-12(18)15-6-11(17)16(9)10-4-3-7(14)5-8(10)13/h3-5,9H,2,6H2,1H3,(H,15,18). The van der Waals surface area contributed by atoms with Gasteiger partial charge in [0.2, 0.25) is 11.8 Å². The molecule has 0 spiro atoms. The molecule has 0 aromatic heterocycles. The number of halogens is 2. The summed E-state index contributed by atoms with van der Waals surface area (Å²) >= 11 is 3.22. The first kappa shape index (κ1) is 13.0. The Bertz CT molecular complexity index is 507. The van der Waals surface area contributed by atoms with Crippen LogP contribution in [-0.4, -0.2) is 24.4 Å². The van der Waals surface area contributed by atoms with Gasteiger partial charge in [-0.25, -0.2) is 4.39 Å². The topological polar surface area (TPSA) is 49.4 Å². The number of piperazine rings is 1. The molecule has 2 rings (SSSR count). The summed E-state index contributed by atoms with van der Waals surface area (Å²) in [5.41, 5.74) is 0.517. The fraction of sp³-hybridized carbons (Fsp3) is 0.333. The average molecular weight is 315 g/mol. The lowest BCUT2D eigenvalue weighted by Crippen LogP contribution is -2.58. The summed E-state index contributed by atoms with van der Waals surface area (Å²) in [4.78, 5) is 25.1. The molecule has 0 radical (unpaired) electrons. The lowest BCUT2D eigenvalue weighted by molar-refractivity contribution is -0.131. The summed E-state index contributed by atoms with van der Waals surface area (Å²) in [6.45, 7) is 1.80. The van der Waals surface area contributed by atoms with E-state index >= 15 is 0 Å². The van der Waals surface area contributed by atoms with Crippen molar-refractivity contribution in [1.29, 1.82) is 0 Å². The number of rotatable bonds is 2. The highest BCUT2D eigenvalue weighted by molar-refractivity contribution is 9.10. The van der Waals surface area contributed by atoms with E-state index in [4.69, 9.17) is 0 Å². The molecule has 1 unspecified atom stereocenters. The molecule has 0 bridgehead atoms. The summed E-state index contributed by atoms with van der Waals surface area (Å²) in [5.74, 6) is -0.783. The van der Waals surface area contributed by atoms with Crippen molar-refractivity contribution in [2.75, 3.05) is 11.4 Å². The lowest BCUT2D eigenvalue weighted by Gasteiger charge is -2.34. The van der Waals surface area contributed by atoms with Crippen LogP contribution in [0.5, 0.6) is 0 Å². The van der Waals surface area contributed by atoms with Gasteiger partial charge in [-0.3, -0.25) is 14.5 Å². The van der Waals surface area contributed by atoms with E-state index in [2.05, 4.69) is 21.2 Å². The lowest BCUT2D eigenvalue weighted by atomic mass is 10.1. The van der Waals surface area contributed by atoms with E-state index in [-0.39, 0.29) is 18.4 Å². The van der Waals surface area contributed by atoms with Crippen LogP contribution in [0, 0.1) is 5.82 Å². The molecule has 0 saturated carbocycles. The fourth-order valence-corrected chi connectivity index (χ4v) is 2.55. The van der Waals surface area contributed by atoms with Crippen molar-refractivity contribution in [3.63, 3.8) is 0 Å². The Morgan fingerprint density at radius 2 is 2.22 bits per heavy atom. The minimum absolute atomic E-state index is 0.0286. The molecule has 96 valence electrons. The SMILES string of the molecule is CCC1C(=O)NCC(=O)N1c1ccc(F)cc1Br. The molecular weight excluding hydrogens is 303 g/mol. The van der Waals surface area contributed by atoms with Crippen LogP contribution in [0.25, 0.3) is 0 Å². The molecule has 4 nitrogen and oxygen atoms in total. The van der Waals surface area contributed by atoms with Gasteiger partial charge in [-0.15, -0.1) is 0 Å². The van der Waals surface area contributed by atoms with E-state index in [9.17, 15) is 14.0 Å². The first-order chi connectivity index (χ1) is 8.54. The number of nitrogens with one attached hydrogen (secondary N) is 1. The fourth-order valence-electron chi connectivity index (χ4n) is 2.00. The average Bonchev–Trinajstić information content (AvgIpc) is 2.33. The van der Waals surface area contributed by atoms with Crippen molar-refractivity contribution in [2.45, 2.75) is 19.4 Å². The summed E-state index contributed by atoms with van der Waals surface area (Å²) in [6, 6.07) is 3.50. The Kier molecular flexibility index (Phi) is 3.65. The van der Waals surface area contributed by atoms with Crippen LogP contribution in [-0.2, 0) is 9.59 Å². The molecule has 18 heavy (non-hydrogen) atoms. The Labute approximate surface area is 112 Å². The van der Waals surface area contributed by atoms with Gasteiger partial charge in [0.1, 0.15) is 11.9 Å². The second kappa shape index (κ2) is 5.06. The maximum atomic E-state index is 13.1. The molecule has 2 amide bonds. The quantitative estimate of drug-likeness (QED) is 0.905. The van der Waals surface area contributed by atoms with Crippen molar-refractivity contribution in [3.05, 3.63) is 28.5 Å². The summed E-state index contributed by atoms with van der Waals surface area (Å²) < 4.78 is 13.5. The summed E-state index contributed by atoms with van der Waals surface area (Å²) in [7, 11) is 0. The van der Waals surface area contributed by atoms with E-state index < -0.39 is 11.9 Å². The van der Waals surface area contributed by atoms with Crippen LogP contribution < -0.4 is 10.2 Å². The second-order valence-electron chi connectivity index (χ2n) is 4.00. The summed E-state index contributed by atoms with van der Waals surface area (Å²) in [6.07, 6.45) is 0.501. The van der Waals surface area contributed by atoms with Gasteiger partial charge in [0.25, 0.3) is 0 Å². The zero-order valence-electron chi connectivity index (χ0n) is 9.74. The Morgan fingerprint density at radius 1 is 1.50 bits per heavy atom. The van der Waals surface area contributed by atoms with E-state index in [0.29, 0.717) is 16.6 Å². The van der Waals surface area contributed by atoms with Crippen molar-refractivity contribution in [2.24, 2.45) is 0 Å². The van der Waals surface area contributed by atoms with Crippen LogP contribution in [0.4, 0.5) is 10.1 Å². The Balaban J connectivity index is 2.44. The molecular formula is C12H12BrFN2O2. The third kappa shape index (κ3) is 2.25.